The zero-order valence-electron chi connectivity index (χ0n) is 23.4. The van der Waals surface area contributed by atoms with Crippen molar-refractivity contribution >= 4 is 11.6 Å². The minimum atomic E-state index is -0.548. The standard InChI is InChI=1S/C34H37N5O2/c40-32-15-8-7-14-30(32)31-24-29(25-35-36-31)38-20-16-34(17-21-38,28-12-5-2-6-13-28)33(41)39-19-9-18-37(22-23-39)26-27-10-3-1-4-11-27/h1-8,10-15,24-25,40H,9,16-23,26H2. The summed E-state index contributed by atoms with van der Waals surface area (Å²) >= 11 is 0. The molecule has 4 aromatic rings. The Bertz CT molecular complexity index is 1450. The van der Waals surface area contributed by atoms with Crippen LogP contribution in [-0.2, 0) is 16.8 Å². The van der Waals surface area contributed by atoms with Crippen LogP contribution in [0.2, 0.25) is 0 Å². The van der Waals surface area contributed by atoms with Gasteiger partial charge in [-0.1, -0.05) is 72.8 Å². The summed E-state index contributed by atoms with van der Waals surface area (Å²) in [5.41, 5.74) is 4.14. The van der Waals surface area contributed by atoms with Gasteiger partial charge in [-0.25, -0.2) is 0 Å². The normalized spacial score (nSPS) is 17.7. The predicted molar refractivity (Wildman–Crippen MR) is 162 cm³/mol. The van der Waals surface area contributed by atoms with Crippen molar-refractivity contribution < 1.29 is 9.90 Å². The number of rotatable bonds is 6. The van der Waals surface area contributed by atoms with Gasteiger partial charge in [-0.15, -0.1) is 0 Å². The van der Waals surface area contributed by atoms with Crippen molar-refractivity contribution in [3.63, 3.8) is 0 Å². The van der Waals surface area contributed by atoms with Crippen molar-refractivity contribution in [1.82, 2.24) is 20.0 Å². The number of anilines is 1. The van der Waals surface area contributed by atoms with Crippen molar-refractivity contribution in [2.45, 2.75) is 31.2 Å². The van der Waals surface area contributed by atoms with Crippen molar-refractivity contribution in [3.8, 4) is 17.0 Å². The summed E-state index contributed by atoms with van der Waals surface area (Å²) in [5.74, 6) is 0.443. The van der Waals surface area contributed by atoms with Crippen LogP contribution >= 0.6 is 0 Å². The molecule has 0 spiro atoms. The number of amides is 1. The van der Waals surface area contributed by atoms with Gasteiger partial charge in [0.25, 0.3) is 0 Å². The highest BCUT2D eigenvalue weighted by Crippen LogP contribution is 2.39. The van der Waals surface area contributed by atoms with Gasteiger partial charge in [0.15, 0.2) is 0 Å². The monoisotopic (exact) mass is 547 g/mol. The van der Waals surface area contributed by atoms with Crippen LogP contribution in [0, 0.1) is 0 Å². The molecule has 3 heterocycles. The van der Waals surface area contributed by atoms with E-state index in [9.17, 15) is 9.90 Å². The predicted octanol–water partition coefficient (Wildman–Crippen LogP) is 5.12. The average Bonchev–Trinajstić information content (AvgIpc) is 3.27. The number of para-hydroxylation sites is 1. The van der Waals surface area contributed by atoms with E-state index in [1.165, 1.54) is 5.56 Å². The third kappa shape index (κ3) is 5.81. The third-order valence-corrected chi connectivity index (χ3v) is 8.66. The van der Waals surface area contributed by atoms with Crippen molar-refractivity contribution in [3.05, 3.63) is 108 Å². The Morgan fingerprint density at radius 2 is 1.51 bits per heavy atom. The molecule has 0 unspecified atom stereocenters. The fourth-order valence-electron chi connectivity index (χ4n) is 6.36. The summed E-state index contributed by atoms with van der Waals surface area (Å²) < 4.78 is 0. The van der Waals surface area contributed by atoms with Gasteiger partial charge >= 0.3 is 0 Å². The Morgan fingerprint density at radius 3 is 2.27 bits per heavy atom. The molecule has 1 N–H and O–H groups in total. The van der Waals surface area contributed by atoms with Crippen LogP contribution in [0.5, 0.6) is 5.75 Å². The minimum Gasteiger partial charge on any atom is -0.507 e. The molecule has 2 fully saturated rings. The van der Waals surface area contributed by atoms with E-state index in [4.69, 9.17) is 0 Å². The van der Waals surface area contributed by atoms with E-state index in [0.717, 1.165) is 76.3 Å². The maximum absolute atomic E-state index is 14.5. The second-order valence-corrected chi connectivity index (χ2v) is 11.2. The number of piperidine rings is 1. The molecular weight excluding hydrogens is 510 g/mol. The van der Waals surface area contributed by atoms with Gasteiger partial charge in [0, 0.05) is 51.4 Å². The number of phenols is 1. The van der Waals surface area contributed by atoms with Crippen LogP contribution < -0.4 is 4.90 Å². The molecule has 0 aliphatic carbocycles. The van der Waals surface area contributed by atoms with Crippen LogP contribution in [0.15, 0.2) is 97.2 Å². The average molecular weight is 548 g/mol. The molecule has 2 saturated heterocycles. The summed E-state index contributed by atoms with van der Waals surface area (Å²) in [7, 11) is 0. The van der Waals surface area contributed by atoms with Crippen molar-refractivity contribution in [2.75, 3.05) is 44.2 Å². The van der Waals surface area contributed by atoms with E-state index in [-0.39, 0.29) is 11.7 Å². The van der Waals surface area contributed by atoms with Gasteiger partial charge in [-0.05, 0) is 48.6 Å². The van der Waals surface area contributed by atoms with E-state index in [2.05, 4.69) is 67.4 Å². The molecule has 7 heteroatoms. The van der Waals surface area contributed by atoms with Gasteiger partial charge in [-0.3, -0.25) is 9.69 Å². The maximum Gasteiger partial charge on any atom is 0.233 e. The third-order valence-electron chi connectivity index (χ3n) is 8.66. The van der Waals surface area contributed by atoms with Gasteiger partial charge in [0.2, 0.25) is 5.91 Å². The smallest absolute Gasteiger partial charge is 0.233 e. The molecular formula is C34H37N5O2. The summed E-state index contributed by atoms with van der Waals surface area (Å²) in [4.78, 5) is 21.3. The first-order chi connectivity index (χ1) is 20.1. The highest BCUT2D eigenvalue weighted by atomic mass is 16.3. The molecule has 1 amide bonds. The molecule has 1 aromatic heterocycles. The number of phenolic OH excluding ortho intramolecular Hbond substituents is 1. The van der Waals surface area contributed by atoms with E-state index in [1.54, 1.807) is 18.3 Å². The zero-order chi connectivity index (χ0) is 28.1. The second-order valence-electron chi connectivity index (χ2n) is 11.2. The Labute approximate surface area is 242 Å². The summed E-state index contributed by atoms with van der Waals surface area (Å²) in [6.45, 7) is 5.82. The molecule has 0 radical (unpaired) electrons. The van der Waals surface area contributed by atoms with Gasteiger partial charge in [0.05, 0.1) is 23.0 Å². The zero-order valence-corrected chi connectivity index (χ0v) is 23.4. The molecule has 3 aromatic carbocycles. The summed E-state index contributed by atoms with van der Waals surface area (Å²) in [6.07, 6.45) is 4.22. The highest BCUT2D eigenvalue weighted by molar-refractivity contribution is 5.89. The molecule has 41 heavy (non-hydrogen) atoms. The molecule has 0 atom stereocenters. The number of aromatic nitrogens is 2. The number of carbonyl (C=O) groups is 1. The van der Waals surface area contributed by atoms with Gasteiger partial charge < -0.3 is 14.9 Å². The Balaban J connectivity index is 1.19. The summed E-state index contributed by atoms with van der Waals surface area (Å²) in [5, 5.41) is 18.8. The number of benzene rings is 3. The Kier molecular flexibility index (Phi) is 7.96. The lowest BCUT2D eigenvalue weighted by atomic mass is 9.71. The molecule has 0 bridgehead atoms. The molecule has 6 rings (SSSR count). The van der Waals surface area contributed by atoms with Crippen LogP contribution in [0.1, 0.15) is 30.4 Å². The van der Waals surface area contributed by atoms with E-state index >= 15 is 0 Å². The van der Waals surface area contributed by atoms with Crippen LogP contribution in [-0.4, -0.2) is 70.3 Å². The van der Waals surface area contributed by atoms with Crippen LogP contribution in [0.4, 0.5) is 5.69 Å². The van der Waals surface area contributed by atoms with Gasteiger partial charge in [0.1, 0.15) is 5.75 Å². The quantitative estimate of drug-likeness (QED) is 0.361. The number of hydrogen-bond donors (Lipinski definition) is 1. The molecule has 2 aliphatic rings. The number of carbonyl (C=O) groups excluding carboxylic acids is 1. The van der Waals surface area contributed by atoms with Crippen LogP contribution in [0.3, 0.4) is 0 Å². The Morgan fingerprint density at radius 1 is 0.805 bits per heavy atom. The number of aromatic hydroxyl groups is 1. The van der Waals surface area contributed by atoms with Crippen LogP contribution in [0.25, 0.3) is 11.3 Å². The van der Waals surface area contributed by atoms with Crippen molar-refractivity contribution in [2.24, 2.45) is 0 Å². The number of hydrogen-bond acceptors (Lipinski definition) is 6. The fraction of sp³-hybridized carbons (Fsp3) is 0.324. The highest BCUT2D eigenvalue weighted by Gasteiger charge is 2.45. The SMILES string of the molecule is O=C(N1CCCN(Cc2ccccc2)CC1)C1(c2ccccc2)CCN(c2cnnc(-c3ccccc3O)c2)CC1. The molecule has 2 aliphatic heterocycles. The first-order valence-electron chi connectivity index (χ1n) is 14.6. The topological polar surface area (TPSA) is 72.8 Å². The first-order valence-corrected chi connectivity index (χ1v) is 14.6. The maximum atomic E-state index is 14.5. The lowest BCUT2D eigenvalue weighted by Gasteiger charge is -2.44. The largest absolute Gasteiger partial charge is 0.507 e. The first kappa shape index (κ1) is 27.0. The summed E-state index contributed by atoms with van der Waals surface area (Å²) in [6, 6.07) is 30.1. The number of nitrogens with zero attached hydrogens (tertiary/aromatic N) is 5. The molecule has 210 valence electrons. The van der Waals surface area contributed by atoms with E-state index in [1.807, 2.05) is 36.4 Å². The minimum absolute atomic E-state index is 0.186. The fourth-order valence-corrected chi connectivity index (χ4v) is 6.36. The molecule has 0 saturated carbocycles. The van der Waals surface area contributed by atoms with Gasteiger partial charge in [-0.2, -0.15) is 10.2 Å². The lowest BCUT2D eigenvalue weighted by molar-refractivity contribution is -0.138. The second kappa shape index (κ2) is 12.1. The van der Waals surface area contributed by atoms with Crippen molar-refractivity contribution in [1.29, 1.82) is 0 Å². The molecule has 7 nitrogen and oxygen atoms in total. The van der Waals surface area contributed by atoms with E-state index in [0.29, 0.717) is 11.3 Å². The Hall–Kier alpha value is -4.23. The van der Waals surface area contributed by atoms with E-state index < -0.39 is 5.41 Å². The lowest BCUT2D eigenvalue weighted by Crippen LogP contribution is -2.53.